The Balaban J connectivity index is 1.25. The zero-order valence-corrected chi connectivity index (χ0v) is 19.1. The van der Waals surface area contributed by atoms with Crippen LogP contribution >= 0.6 is 0 Å². The van der Waals surface area contributed by atoms with Gasteiger partial charge in [-0.3, -0.25) is 0 Å². The van der Waals surface area contributed by atoms with E-state index in [1.165, 1.54) is 0 Å². The third-order valence-electron chi connectivity index (χ3n) is 5.77. The summed E-state index contributed by atoms with van der Waals surface area (Å²) in [5.41, 5.74) is 2.62. The van der Waals surface area contributed by atoms with Crippen molar-refractivity contribution >= 4 is 27.1 Å². The normalized spacial score (nSPS) is 16.4. The van der Waals surface area contributed by atoms with E-state index in [-0.39, 0.29) is 17.5 Å². The molecule has 0 amide bonds. The van der Waals surface area contributed by atoms with Gasteiger partial charge in [0, 0.05) is 19.1 Å². The van der Waals surface area contributed by atoms with Crippen LogP contribution in [0, 0.1) is 6.92 Å². The summed E-state index contributed by atoms with van der Waals surface area (Å²) in [7, 11) is -3.66. The fraction of sp³-hybridized carbons (Fsp3) is 0.240. The van der Waals surface area contributed by atoms with Crippen molar-refractivity contribution in [3.05, 3.63) is 78.4 Å². The van der Waals surface area contributed by atoms with Gasteiger partial charge in [-0.25, -0.2) is 13.1 Å². The number of para-hydroxylation sites is 2. The van der Waals surface area contributed by atoms with E-state index in [2.05, 4.69) is 9.71 Å². The molecule has 33 heavy (non-hydrogen) atoms. The van der Waals surface area contributed by atoms with Crippen molar-refractivity contribution < 1.29 is 17.6 Å². The van der Waals surface area contributed by atoms with E-state index in [4.69, 9.17) is 9.15 Å². The SMILES string of the molecule is Cc1cccc(Oc2ccc(S(=O)(=O)NCC3CCCN3c3nc4ccccc4o3)cc2)c1. The third kappa shape index (κ3) is 4.72. The molecule has 0 saturated carbocycles. The third-order valence-corrected chi connectivity index (χ3v) is 7.21. The molecule has 2 heterocycles. The maximum absolute atomic E-state index is 12.9. The van der Waals surface area contributed by atoms with Gasteiger partial charge in [-0.2, -0.15) is 4.98 Å². The van der Waals surface area contributed by atoms with Gasteiger partial charge in [0.05, 0.1) is 4.90 Å². The lowest BCUT2D eigenvalue weighted by Crippen LogP contribution is -2.40. The summed E-state index contributed by atoms with van der Waals surface area (Å²) in [5.74, 6) is 1.29. The van der Waals surface area contributed by atoms with Crippen LogP contribution in [0.2, 0.25) is 0 Å². The first-order chi connectivity index (χ1) is 16.0. The second kappa shape index (κ2) is 8.88. The van der Waals surface area contributed by atoms with Crippen LogP contribution in [0.5, 0.6) is 11.5 Å². The van der Waals surface area contributed by atoms with Crippen molar-refractivity contribution in [1.82, 2.24) is 9.71 Å². The number of hydrogen-bond acceptors (Lipinski definition) is 6. The monoisotopic (exact) mass is 463 g/mol. The van der Waals surface area contributed by atoms with Gasteiger partial charge in [-0.1, -0.05) is 24.3 Å². The molecule has 1 unspecified atom stereocenters. The lowest BCUT2D eigenvalue weighted by Gasteiger charge is -2.23. The number of ether oxygens (including phenoxy) is 1. The summed E-state index contributed by atoms with van der Waals surface area (Å²) < 4.78 is 40.2. The predicted molar refractivity (Wildman–Crippen MR) is 127 cm³/mol. The molecular weight excluding hydrogens is 438 g/mol. The summed E-state index contributed by atoms with van der Waals surface area (Å²) in [6, 6.07) is 22.3. The maximum Gasteiger partial charge on any atom is 0.298 e. The van der Waals surface area contributed by atoms with Crippen molar-refractivity contribution in [3.63, 3.8) is 0 Å². The van der Waals surface area contributed by atoms with Gasteiger partial charge in [0.1, 0.15) is 17.0 Å². The van der Waals surface area contributed by atoms with Crippen LogP contribution in [0.15, 0.2) is 82.1 Å². The van der Waals surface area contributed by atoms with E-state index < -0.39 is 10.0 Å². The van der Waals surface area contributed by atoms with Gasteiger partial charge in [0.25, 0.3) is 6.01 Å². The molecule has 1 aliphatic heterocycles. The topological polar surface area (TPSA) is 84.7 Å². The lowest BCUT2D eigenvalue weighted by atomic mass is 10.2. The second-order valence-corrected chi connectivity index (χ2v) is 9.96. The number of nitrogens with zero attached hydrogens (tertiary/aromatic N) is 2. The second-order valence-electron chi connectivity index (χ2n) is 8.20. The molecule has 0 radical (unpaired) electrons. The molecular formula is C25H25N3O4S. The van der Waals surface area contributed by atoms with Gasteiger partial charge in [0.15, 0.2) is 5.58 Å². The first kappa shape index (κ1) is 21.5. The van der Waals surface area contributed by atoms with Gasteiger partial charge in [-0.15, -0.1) is 0 Å². The van der Waals surface area contributed by atoms with Gasteiger partial charge in [0.2, 0.25) is 10.0 Å². The number of aryl methyl sites for hydroxylation is 1. The Morgan fingerprint density at radius 2 is 1.88 bits per heavy atom. The molecule has 1 aliphatic rings. The highest BCUT2D eigenvalue weighted by molar-refractivity contribution is 7.89. The van der Waals surface area contributed by atoms with Gasteiger partial charge in [-0.05, 0) is 73.9 Å². The quantitative estimate of drug-likeness (QED) is 0.421. The Morgan fingerprint density at radius 3 is 2.67 bits per heavy atom. The highest BCUT2D eigenvalue weighted by Gasteiger charge is 2.29. The summed E-state index contributed by atoms with van der Waals surface area (Å²) in [5, 5.41) is 0. The first-order valence-corrected chi connectivity index (χ1v) is 12.4. The Labute approximate surface area is 193 Å². The number of oxazole rings is 1. The Kier molecular flexibility index (Phi) is 5.78. The van der Waals surface area contributed by atoms with Gasteiger partial charge < -0.3 is 14.1 Å². The molecule has 3 aromatic carbocycles. The van der Waals surface area contributed by atoms with Crippen LogP contribution in [0.3, 0.4) is 0 Å². The highest BCUT2D eigenvalue weighted by Crippen LogP contribution is 2.28. The van der Waals surface area contributed by atoms with Crippen molar-refractivity contribution in [2.24, 2.45) is 0 Å². The van der Waals surface area contributed by atoms with E-state index in [9.17, 15) is 8.42 Å². The predicted octanol–water partition coefficient (Wildman–Crippen LogP) is 4.88. The number of rotatable bonds is 7. The van der Waals surface area contributed by atoms with Crippen LogP contribution in [-0.2, 0) is 10.0 Å². The number of fused-ring (bicyclic) bond motifs is 1. The Bertz CT molecular complexity index is 1330. The minimum Gasteiger partial charge on any atom is -0.457 e. The summed E-state index contributed by atoms with van der Waals surface area (Å²) in [4.78, 5) is 6.81. The molecule has 0 bridgehead atoms. The molecule has 4 aromatic rings. The number of anilines is 1. The van der Waals surface area contributed by atoms with E-state index in [1.807, 2.05) is 60.4 Å². The molecule has 7 nitrogen and oxygen atoms in total. The average molecular weight is 464 g/mol. The summed E-state index contributed by atoms with van der Waals surface area (Å²) in [6.45, 7) is 3.05. The number of hydrogen-bond donors (Lipinski definition) is 1. The summed E-state index contributed by atoms with van der Waals surface area (Å²) >= 11 is 0. The maximum atomic E-state index is 12.9. The van der Waals surface area contributed by atoms with Crippen LogP contribution in [0.25, 0.3) is 11.1 Å². The van der Waals surface area contributed by atoms with Gasteiger partial charge >= 0.3 is 0 Å². The fourth-order valence-corrected chi connectivity index (χ4v) is 5.15. The molecule has 1 fully saturated rings. The zero-order chi connectivity index (χ0) is 22.8. The van der Waals surface area contributed by atoms with Crippen LogP contribution in [0.1, 0.15) is 18.4 Å². The van der Waals surface area contributed by atoms with Crippen LogP contribution in [0.4, 0.5) is 6.01 Å². The smallest absolute Gasteiger partial charge is 0.298 e. The lowest BCUT2D eigenvalue weighted by molar-refractivity contribution is 0.481. The van der Waals surface area contributed by atoms with Crippen LogP contribution < -0.4 is 14.4 Å². The van der Waals surface area contributed by atoms with E-state index in [0.717, 1.165) is 36.0 Å². The molecule has 1 N–H and O–H groups in total. The zero-order valence-electron chi connectivity index (χ0n) is 18.3. The van der Waals surface area contributed by atoms with Crippen molar-refractivity contribution in [2.75, 3.05) is 18.0 Å². The molecule has 8 heteroatoms. The van der Waals surface area contributed by atoms with Crippen LogP contribution in [-0.4, -0.2) is 32.5 Å². The Hall–Kier alpha value is -3.36. The minimum atomic E-state index is -3.66. The molecule has 1 aromatic heterocycles. The molecule has 170 valence electrons. The molecule has 1 atom stereocenters. The fourth-order valence-electron chi connectivity index (χ4n) is 4.07. The van der Waals surface area contributed by atoms with Crippen molar-refractivity contribution in [3.8, 4) is 11.5 Å². The molecule has 1 saturated heterocycles. The highest BCUT2D eigenvalue weighted by atomic mass is 32.2. The summed E-state index contributed by atoms with van der Waals surface area (Å²) in [6.07, 6.45) is 1.82. The number of sulfonamides is 1. The number of aromatic nitrogens is 1. The van der Waals surface area contributed by atoms with E-state index >= 15 is 0 Å². The molecule has 0 aliphatic carbocycles. The first-order valence-electron chi connectivity index (χ1n) is 10.9. The Morgan fingerprint density at radius 1 is 1.06 bits per heavy atom. The minimum absolute atomic E-state index is 0.0169. The number of benzene rings is 3. The van der Waals surface area contributed by atoms with E-state index in [1.54, 1.807) is 24.3 Å². The number of nitrogens with one attached hydrogen (secondary N) is 1. The largest absolute Gasteiger partial charge is 0.457 e. The molecule has 0 spiro atoms. The van der Waals surface area contributed by atoms with Crippen molar-refractivity contribution in [1.29, 1.82) is 0 Å². The van der Waals surface area contributed by atoms with E-state index in [0.29, 0.717) is 17.5 Å². The standard InChI is InChI=1S/C25H25N3O4S/c1-18-6-4-8-21(16-18)31-20-11-13-22(14-12-20)33(29,30)26-17-19-7-5-15-28(19)25-27-23-9-2-3-10-24(23)32-25/h2-4,6,8-14,16,19,26H,5,7,15,17H2,1H3. The average Bonchev–Trinajstić information content (AvgIpc) is 3.45. The molecule has 5 rings (SSSR count). The van der Waals surface area contributed by atoms with Crippen molar-refractivity contribution in [2.45, 2.75) is 30.7 Å².